The molecule has 3 aromatic rings. The highest BCUT2D eigenvalue weighted by Crippen LogP contribution is 2.28. The summed E-state index contributed by atoms with van der Waals surface area (Å²) in [5.41, 5.74) is 4.01. The van der Waals surface area contributed by atoms with E-state index in [1.807, 2.05) is 18.3 Å². The fourth-order valence-electron chi connectivity index (χ4n) is 1.54. The SMILES string of the molecule is c1ccc2c(-c3nncs3)c[nH]c2c1. The average molecular weight is 201 g/mol. The Morgan fingerprint density at radius 3 is 3.00 bits per heavy atom. The molecule has 0 radical (unpaired) electrons. The zero-order chi connectivity index (χ0) is 9.38. The molecule has 2 aromatic heterocycles. The van der Waals surface area contributed by atoms with Gasteiger partial charge in [0.05, 0.1) is 0 Å². The van der Waals surface area contributed by atoms with Crippen molar-refractivity contribution in [2.45, 2.75) is 0 Å². The Kier molecular flexibility index (Phi) is 1.61. The lowest BCUT2D eigenvalue weighted by Crippen LogP contribution is -1.73. The van der Waals surface area contributed by atoms with Crippen LogP contribution in [0, 0.1) is 0 Å². The molecule has 0 aliphatic carbocycles. The monoisotopic (exact) mass is 201 g/mol. The van der Waals surface area contributed by atoms with Gasteiger partial charge >= 0.3 is 0 Å². The van der Waals surface area contributed by atoms with Crippen molar-refractivity contribution in [2.24, 2.45) is 0 Å². The van der Waals surface area contributed by atoms with E-state index in [0.717, 1.165) is 16.1 Å². The minimum atomic E-state index is 0.961. The number of hydrogen-bond donors (Lipinski definition) is 1. The van der Waals surface area contributed by atoms with Crippen LogP contribution in [0.4, 0.5) is 0 Å². The van der Waals surface area contributed by atoms with E-state index in [0.29, 0.717) is 0 Å². The second-order valence-electron chi connectivity index (χ2n) is 2.99. The zero-order valence-electron chi connectivity index (χ0n) is 7.27. The standard InChI is InChI=1S/C10H7N3S/c1-2-4-9-7(3-1)8(5-11-9)10-13-12-6-14-10/h1-6,11H. The first kappa shape index (κ1) is 7.70. The van der Waals surface area contributed by atoms with Crippen LogP contribution in [0.1, 0.15) is 0 Å². The minimum absolute atomic E-state index is 0.961. The van der Waals surface area contributed by atoms with E-state index in [2.05, 4.69) is 27.3 Å². The van der Waals surface area contributed by atoms with Gasteiger partial charge in [-0.3, -0.25) is 0 Å². The molecular formula is C10H7N3S. The van der Waals surface area contributed by atoms with E-state index < -0.39 is 0 Å². The predicted octanol–water partition coefficient (Wildman–Crippen LogP) is 2.69. The van der Waals surface area contributed by atoms with Crippen LogP contribution in [0.5, 0.6) is 0 Å². The van der Waals surface area contributed by atoms with Crippen molar-refractivity contribution in [1.29, 1.82) is 0 Å². The third-order valence-corrected chi connectivity index (χ3v) is 2.90. The summed E-state index contributed by atoms with van der Waals surface area (Å²) in [5.74, 6) is 0. The van der Waals surface area contributed by atoms with Gasteiger partial charge in [-0.1, -0.05) is 29.5 Å². The Labute approximate surface area is 84.4 Å². The molecule has 0 saturated heterocycles. The summed E-state index contributed by atoms with van der Waals surface area (Å²) in [6.07, 6.45) is 1.98. The number of benzene rings is 1. The summed E-state index contributed by atoms with van der Waals surface area (Å²) in [7, 11) is 0. The Bertz CT molecular complexity index is 554. The third-order valence-electron chi connectivity index (χ3n) is 2.18. The van der Waals surface area contributed by atoms with Crippen LogP contribution < -0.4 is 0 Å². The van der Waals surface area contributed by atoms with Gasteiger partial charge in [0.1, 0.15) is 10.5 Å². The Balaban J connectivity index is 2.33. The quantitative estimate of drug-likeness (QED) is 0.657. The highest BCUT2D eigenvalue weighted by atomic mass is 32.1. The fourth-order valence-corrected chi connectivity index (χ4v) is 2.12. The molecule has 3 rings (SSSR count). The summed E-state index contributed by atoms with van der Waals surface area (Å²) in [6, 6.07) is 8.19. The first-order chi connectivity index (χ1) is 6.95. The first-order valence-corrected chi connectivity index (χ1v) is 5.16. The van der Waals surface area contributed by atoms with E-state index in [1.165, 1.54) is 5.39 Å². The van der Waals surface area contributed by atoms with Gasteiger partial charge in [0.25, 0.3) is 0 Å². The topological polar surface area (TPSA) is 41.6 Å². The molecule has 0 aliphatic heterocycles. The molecule has 0 spiro atoms. The molecule has 0 bridgehead atoms. The van der Waals surface area contributed by atoms with E-state index in [1.54, 1.807) is 16.8 Å². The Morgan fingerprint density at radius 2 is 2.14 bits per heavy atom. The minimum Gasteiger partial charge on any atom is -0.360 e. The number of nitrogens with zero attached hydrogens (tertiary/aromatic N) is 2. The van der Waals surface area contributed by atoms with Gasteiger partial charge in [0.2, 0.25) is 0 Å². The number of aromatic amines is 1. The predicted molar refractivity (Wildman–Crippen MR) is 57.2 cm³/mol. The summed E-state index contributed by atoms with van der Waals surface area (Å²) < 4.78 is 0. The highest BCUT2D eigenvalue weighted by Gasteiger charge is 2.07. The van der Waals surface area contributed by atoms with Crippen molar-refractivity contribution < 1.29 is 0 Å². The molecule has 1 N–H and O–H groups in total. The van der Waals surface area contributed by atoms with Gasteiger partial charge in [-0.15, -0.1) is 10.2 Å². The van der Waals surface area contributed by atoms with Crippen LogP contribution in [0.25, 0.3) is 21.5 Å². The van der Waals surface area contributed by atoms with Gasteiger partial charge in [-0.05, 0) is 6.07 Å². The summed E-state index contributed by atoms with van der Waals surface area (Å²) in [4.78, 5) is 3.22. The Hall–Kier alpha value is -1.68. The second-order valence-corrected chi connectivity index (χ2v) is 3.83. The number of rotatable bonds is 1. The van der Waals surface area contributed by atoms with Crippen LogP contribution in [0.2, 0.25) is 0 Å². The van der Waals surface area contributed by atoms with Crippen molar-refractivity contribution in [3.63, 3.8) is 0 Å². The van der Waals surface area contributed by atoms with E-state index >= 15 is 0 Å². The lowest BCUT2D eigenvalue weighted by Gasteiger charge is -1.91. The number of para-hydroxylation sites is 1. The number of hydrogen-bond acceptors (Lipinski definition) is 3. The normalized spacial score (nSPS) is 10.9. The molecule has 2 heterocycles. The molecule has 0 saturated carbocycles. The Morgan fingerprint density at radius 1 is 1.21 bits per heavy atom. The van der Waals surface area contributed by atoms with Crippen molar-refractivity contribution in [1.82, 2.24) is 15.2 Å². The largest absolute Gasteiger partial charge is 0.360 e. The summed E-state index contributed by atoms with van der Waals surface area (Å²) in [6.45, 7) is 0. The van der Waals surface area contributed by atoms with Gasteiger partial charge in [-0.25, -0.2) is 0 Å². The molecule has 0 atom stereocenters. The lowest BCUT2D eigenvalue weighted by atomic mass is 10.2. The molecule has 4 heteroatoms. The van der Waals surface area contributed by atoms with Gasteiger partial charge in [0, 0.05) is 22.7 Å². The molecule has 3 nitrogen and oxygen atoms in total. The van der Waals surface area contributed by atoms with E-state index in [4.69, 9.17) is 0 Å². The molecule has 0 unspecified atom stereocenters. The smallest absolute Gasteiger partial charge is 0.149 e. The van der Waals surface area contributed by atoms with Gasteiger partial charge in [0.15, 0.2) is 0 Å². The van der Waals surface area contributed by atoms with E-state index in [9.17, 15) is 0 Å². The van der Waals surface area contributed by atoms with Gasteiger partial charge < -0.3 is 4.98 Å². The van der Waals surface area contributed by atoms with Crippen LogP contribution in [-0.2, 0) is 0 Å². The fraction of sp³-hybridized carbons (Fsp3) is 0. The molecule has 0 amide bonds. The average Bonchev–Trinajstić information content (AvgIpc) is 2.85. The first-order valence-electron chi connectivity index (χ1n) is 4.28. The highest BCUT2D eigenvalue weighted by molar-refractivity contribution is 7.12. The lowest BCUT2D eigenvalue weighted by molar-refractivity contribution is 1.10. The van der Waals surface area contributed by atoms with Crippen molar-refractivity contribution in [3.8, 4) is 10.6 Å². The maximum atomic E-state index is 4.06. The second kappa shape index (κ2) is 2.92. The number of fused-ring (bicyclic) bond motifs is 1. The van der Waals surface area contributed by atoms with Gasteiger partial charge in [-0.2, -0.15) is 0 Å². The maximum Gasteiger partial charge on any atom is 0.149 e. The van der Waals surface area contributed by atoms with Crippen molar-refractivity contribution in [3.05, 3.63) is 36.0 Å². The van der Waals surface area contributed by atoms with Crippen LogP contribution in [0.3, 0.4) is 0 Å². The molecule has 1 aromatic carbocycles. The molecular weight excluding hydrogens is 194 g/mol. The summed E-state index contributed by atoms with van der Waals surface area (Å²) >= 11 is 1.55. The molecule has 14 heavy (non-hydrogen) atoms. The van der Waals surface area contributed by atoms with Crippen LogP contribution in [-0.4, -0.2) is 15.2 Å². The van der Waals surface area contributed by atoms with E-state index in [-0.39, 0.29) is 0 Å². The maximum absolute atomic E-state index is 4.06. The molecule has 68 valence electrons. The zero-order valence-corrected chi connectivity index (χ0v) is 8.08. The number of nitrogens with one attached hydrogen (secondary N) is 1. The van der Waals surface area contributed by atoms with Crippen LogP contribution >= 0.6 is 11.3 Å². The molecule has 0 fully saturated rings. The van der Waals surface area contributed by atoms with Crippen molar-refractivity contribution >= 4 is 22.2 Å². The third kappa shape index (κ3) is 1.04. The number of aromatic nitrogens is 3. The molecule has 0 aliphatic rings. The van der Waals surface area contributed by atoms with Crippen molar-refractivity contribution in [2.75, 3.05) is 0 Å². The summed E-state index contributed by atoms with van der Waals surface area (Å²) in [5, 5.41) is 10.1. The number of H-pyrrole nitrogens is 1. The van der Waals surface area contributed by atoms with Crippen LogP contribution in [0.15, 0.2) is 36.0 Å².